The normalized spacial score (nSPS) is 12.0. The number of urea groups is 1. The highest BCUT2D eigenvalue weighted by Gasteiger charge is 2.36. The molecule has 0 aliphatic carbocycles. The van der Waals surface area contributed by atoms with Gasteiger partial charge in [-0.3, -0.25) is 0 Å². The molecule has 7 nitrogen and oxygen atoms in total. The summed E-state index contributed by atoms with van der Waals surface area (Å²) < 4.78 is 22.5. The predicted molar refractivity (Wildman–Crippen MR) is 71.8 cm³/mol. The van der Waals surface area contributed by atoms with Crippen LogP contribution in [0, 0.1) is 0 Å². The highest BCUT2D eigenvalue weighted by molar-refractivity contribution is 7.91. The van der Waals surface area contributed by atoms with E-state index < -0.39 is 27.4 Å². The van der Waals surface area contributed by atoms with Gasteiger partial charge in [-0.2, -0.15) is 0 Å². The lowest BCUT2D eigenvalue weighted by Gasteiger charge is -2.34. The number of hydrogen-bond acceptors (Lipinski definition) is 4. The van der Waals surface area contributed by atoms with Crippen LogP contribution in [0.25, 0.3) is 0 Å². The lowest BCUT2D eigenvalue weighted by Crippen LogP contribution is -2.56. The van der Waals surface area contributed by atoms with E-state index in [0.29, 0.717) is 0 Å². The van der Waals surface area contributed by atoms with Crippen LogP contribution in [0.4, 0.5) is 4.79 Å². The van der Waals surface area contributed by atoms with E-state index in [1.165, 1.54) is 20.8 Å². The van der Waals surface area contributed by atoms with Gasteiger partial charge in [-0.05, 0) is 20.8 Å². The smallest absolute Gasteiger partial charge is 0.329 e. The molecule has 8 heteroatoms. The summed E-state index contributed by atoms with van der Waals surface area (Å²) in [6.07, 6.45) is 0. The number of carboxylic acids is 1. The van der Waals surface area contributed by atoms with Crippen molar-refractivity contribution >= 4 is 21.8 Å². The summed E-state index contributed by atoms with van der Waals surface area (Å²) in [5.41, 5.74) is -1.34. The van der Waals surface area contributed by atoms with Crippen molar-refractivity contribution in [2.45, 2.75) is 33.2 Å². The zero-order chi connectivity index (χ0) is 15.3. The highest BCUT2D eigenvalue weighted by atomic mass is 32.2. The van der Waals surface area contributed by atoms with Crippen LogP contribution in [0.15, 0.2) is 0 Å². The number of amides is 2. The van der Waals surface area contributed by atoms with Gasteiger partial charge in [-0.1, -0.05) is 6.92 Å². The van der Waals surface area contributed by atoms with Crippen LogP contribution >= 0.6 is 0 Å². The van der Waals surface area contributed by atoms with Gasteiger partial charge in [-0.15, -0.1) is 0 Å². The number of rotatable bonds is 7. The summed E-state index contributed by atoms with van der Waals surface area (Å²) >= 11 is 0. The monoisotopic (exact) mass is 294 g/mol. The Kier molecular flexibility index (Phi) is 6.28. The minimum absolute atomic E-state index is 0.0149. The molecular formula is C11H22N2O5S. The van der Waals surface area contributed by atoms with E-state index in [4.69, 9.17) is 5.11 Å². The Labute approximate surface area is 113 Å². The molecule has 0 aliphatic heterocycles. The Morgan fingerprint density at radius 3 is 2.16 bits per heavy atom. The molecule has 0 heterocycles. The molecule has 0 aromatic rings. The third-order valence-electron chi connectivity index (χ3n) is 2.89. The summed E-state index contributed by atoms with van der Waals surface area (Å²) in [4.78, 5) is 24.1. The second-order valence-corrected chi connectivity index (χ2v) is 7.05. The maximum atomic E-state index is 11.9. The minimum atomic E-state index is -3.15. The van der Waals surface area contributed by atoms with Crippen molar-refractivity contribution in [2.24, 2.45) is 0 Å². The van der Waals surface area contributed by atoms with Gasteiger partial charge in [0.2, 0.25) is 0 Å². The maximum absolute atomic E-state index is 11.9. The molecule has 0 fully saturated rings. The average Bonchev–Trinajstić information content (AvgIpc) is 2.29. The molecule has 0 bridgehead atoms. The number of carbonyl (C=O) groups is 2. The Balaban J connectivity index is 4.60. The van der Waals surface area contributed by atoms with Crippen LogP contribution in [0.1, 0.15) is 27.7 Å². The summed E-state index contributed by atoms with van der Waals surface area (Å²) in [5, 5.41) is 11.5. The number of hydrogen-bond donors (Lipinski definition) is 2. The zero-order valence-electron chi connectivity index (χ0n) is 11.8. The molecule has 0 atom stereocenters. The summed E-state index contributed by atoms with van der Waals surface area (Å²) in [5.74, 6) is -1.26. The SMILES string of the molecule is CCN(C(=O)NCCS(=O)(=O)CC)C(C)(C)C(=O)O. The van der Waals surface area contributed by atoms with E-state index >= 15 is 0 Å². The molecule has 0 saturated heterocycles. The third kappa shape index (κ3) is 5.06. The van der Waals surface area contributed by atoms with Gasteiger partial charge >= 0.3 is 12.0 Å². The first-order chi connectivity index (χ1) is 8.58. The number of aliphatic carboxylic acids is 1. The van der Waals surface area contributed by atoms with Crippen molar-refractivity contribution in [1.29, 1.82) is 0 Å². The molecule has 2 amide bonds. The molecule has 19 heavy (non-hydrogen) atoms. The first-order valence-corrected chi connectivity index (χ1v) is 7.90. The number of nitrogens with one attached hydrogen (secondary N) is 1. The van der Waals surface area contributed by atoms with Crippen LogP contribution < -0.4 is 5.32 Å². The van der Waals surface area contributed by atoms with E-state index in [-0.39, 0.29) is 24.6 Å². The first kappa shape index (κ1) is 17.7. The van der Waals surface area contributed by atoms with Crippen molar-refractivity contribution in [3.05, 3.63) is 0 Å². The van der Waals surface area contributed by atoms with Crippen LogP contribution in [-0.2, 0) is 14.6 Å². The van der Waals surface area contributed by atoms with E-state index in [1.807, 2.05) is 0 Å². The quantitative estimate of drug-likeness (QED) is 0.703. The van der Waals surface area contributed by atoms with Gasteiger partial charge in [0, 0.05) is 18.8 Å². The summed E-state index contributed by atoms with van der Waals surface area (Å²) in [6, 6.07) is -0.582. The zero-order valence-corrected chi connectivity index (χ0v) is 12.6. The number of carboxylic acid groups (broad SMARTS) is 1. The standard InChI is InChI=1S/C11H22N2O5S/c1-5-13(11(3,4)9(14)15)10(16)12-7-8-19(17,18)6-2/h5-8H2,1-4H3,(H,12,16)(H,14,15). The molecule has 0 aromatic heterocycles. The first-order valence-electron chi connectivity index (χ1n) is 6.07. The summed E-state index contributed by atoms with van der Waals surface area (Å²) in [6.45, 7) is 6.21. The molecule has 0 saturated carbocycles. The van der Waals surface area contributed by atoms with E-state index in [2.05, 4.69) is 5.32 Å². The largest absolute Gasteiger partial charge is 0.480 e. The molecule has 0 aromatic carbocycles. The van der Waals surface area contributed by atoms with Crippen LogP contribution in [0.2, 0.25) is 0 Å². The minimum Gasteiger partial charge on any atom is -0.480 e. The maximum Gasteiger partial charge on any atom is 0.329 e. The molecule has 0 aliphatic rings. The van der Waals surface area contributed by atoms with Crippen molar-refractivity contribution < 1.29 is 23.1 Å². The van der Waals surface area contributed by atoms with Crippen LogP contribution in [-0.4, -0.2) is 60.6 Å². The third-order valence-corrected chi connectivity index (χ3v) is 4.59. The molecule has 2 N–H and O–H groups in total. The number of nitrogens with zero attached hydrogens (tertiary/aromatic N) is 1. The second kappa shape index (κ2) is 6.74. The number of carbonyl (C=O) groups excluding carboxylic acids is 1. The van der Waals surface area contributed by atoms with Crippen molar-refractivity contribution in [3.63, 3.8) is 0 Å². The Hall–Kier alpha value is -1.31. The molecular weight excluding hydrogens is 272 g/mol. The lowest BCUT2D eigenvalue weighted by atomic mass is 10.0. The van der Waals surface area contributed by atoms with E-state index in [1.54, 1.807) is 6.92 Å². The van der Waals surface area contributed by atoms with Gasteiger partial charge in [-0.25, -0.2) is 18.0 Å². The highest BCUT2D eigenvalue weighted by Crippen LogP contribution is 2.14. The van der Waals surface area contributed by atoms with Crippen LogP contribution in [0.5, 0.6) is 0 Å². The molecule has 0 rings (SSSR count). The topological polar surface area (TPSA) is 104 Å². The Bertz CT molecular complexity index is 430. The lowest BCUT2D eigenvalue weighted by molar-refractivity contribution is -0.147. The fourth-order valence-electron chi connectivity index (χ4n) is 1.46. The van der Waals surface area contributed by atoms with Crippen molar-refractivity contribution in [2.75, 3.05) is 24.6 Å². The predicted octanol–water partition coefficient (Wildman–Crippen LogP) is 0.316. The molecule has 112 valence electrons. The summed E-state index contributed by atoms with van der Waals surface area (Å²) in [7, 11) is -3.15. The molecule has 0 radical (unpaired) electrons. The van der Waals surface area contributed by atoms with Gasteiger partial charge in [0.1, 0.15) is 5.54 Å². The van der Waals surface area contributed by atoms with E-state index in [9.17, 15) is 18.0 Å². The van der Waals surface area contributed by atoms with Crippen molar-refractivity contribution in [3.8, 4) is 0 Å². The average molecular weight is 294 g/mol. The number of likely N-dealkylation sites (N-methyl/N-ethyl adjacent to an activating group) is 1. The Morgan fingerprint density at radius 1 is 1.26 bits per heavy atom. The van der Waals surface area contributed by atoms with Gasteiger partial charge in [0.15, 0.2) is 9.84 Å². The van der Waals surface area contributed by atoms with Gasteiger partial charge in [0.25, 0.3) is 0 Å². The number of sulfone groups is 1. The second-order valence-electron chi connectivity index (χ2n) is 4.58. The Morgan fingerprint density at radius 2 is 1.79 bits per heavy atom. The van der Waals surface area contributed by atoms with Gasteiger partial charge < -0.3 is 15.3 Å². The van der Waals surface area contributed by atoms with Crippen LogP contribution in [0.3, 0.4) is 0 Å². The van der Waals surface area contributed by atoms with E-state index in [0.717, 1.165) is 4.90 Å². The van der Waals surface area contributed by atoms with Crippen molar-refractivity contribution in [1.82, 2.24) is 10.2 Å². The van der Waals surface area contributed by atoms with Gasteiger partial charge in [0.05, 0.1) is 5.75 Å². The molecule has 0 spiro atoms. The fourth-order valence-corrected chi connectivity index (χ4v) is 2.16. The fraction of sp³-hybridized carbons (Fsp3) is 0.818. The molecule has 0 unspecified atom stereocenters.